The van der Waals surface area contributed by atoms with E-state index in [4.69, 9.17) is 14.7 Å². The number of ketones is 1. The number of fused-ring (bicyclic) bond motifs is 1. The van der Waals surface area contributed by atoms with Crippen LogP contribution in [0.4, 0.5) is 5.69 Å². The third-order valence-electron chi connectivity index (χ3n) is 4.01. The van der Waals surface area contributed by atoms with Gasteiger partial charge < -0.3 is 14.7 Å². The van der Waals surface area contributed by atoms with Gasteiger partial charge in [-0.05, 0) is 29.6 Å². The van der Waals surface area contributed by atoms with Gasteiger partial charge in [-0.25, -0.2) is 10.0 Å². The van der Waals surface area contributed by atoms with E-state index < -0.39 is 11.2 Å². The van der Waals surface area contributed by atoms with Crippen molar-refractivity contribution in [2.45, 2.75) is 0 Å². The van der Waals surface area contributed by atoms with Gasteiger partial charge in [0.2, 0.25) is 5.78 Å². The number of esters is 1. The summed E-state index contributed by atoms with van der Waals surface area (Å²) < 4.78 is 10.9. The molecule has 1 aliphatic rings. The molecule has 1 aliphatic heterocycles. The Balaban J connectivity index is 1.54. The van der Waals surface area contributed by atoms with Gasteiger partial charge in [0.1, 0.15) is 11.5 Å². The number of nitrogens with one attached hydrogen (secondary N) is 1. The Morgan fingerprint density at radius 2 is 2.04 bits per heavy atom. The molecule has 0 saturated carbocycles. The molecule has 0 bridgehead atoms. The molecule has 1 atom stereocenters. The highest BCUT2D eigenvalue weighted by molar-refractivity contribution is 7.10. The summed E-state index contributed by atoms with van der Waals surface area (Å²) in [7, 11) is 0. The Bertz CT molecular complexity index is 1090. The number of allylic oxidation sites excluding steroid dienone is 1. The molecule has 2 N–H and O–H groups in total. The molecule has 7 nitrogen and oxygen atoms in total. The van der Waals surface area contributed by atoms with Crippen LogP contribution in [0.5, 0.6) is 11.5 Å². The second-order valence-corrected chi connectivity index (χ2v) is 6.87. The number of carbonyl (C=O) groups is 2. The first-order valence-electron chi connectivity index (χ1n) is 8.18. The second kappa shape index (κ2) is 7.37. The van der Waals surface area contributed by atoms with Gasteiger partial charge >= 0.3 is 5.97 Å². The average molecular weight is 395 g/mol. The first-order chi connectivity index (χ1) is 13.5. The predicted molar refractivity (Wildman–Crippen MR) is 101 cm³/mol. The SMILES string of the molecule is O=C(Oc1ccc2c(c1)OC(=Cc1cccs1)C2=O)c1cccc([NH+]([O-])O)c1. The summed E-state index contributed by atoms with van der Waals surface area (Å²) in [5.41, 5.74) is 0.479. The van der Waals surface area contributed by atoms with Crippen LogP contribution in [0.2, 0.25) is 0 Å². The van der Waals surface area contributed by atoms with Crippen molar-refractivity contribution in [1.82, 2.24) is 0 Å². The first-order valence-corrected chi connectivity index (χ1v) is 9.06. The molecular weight excluding hydrogens is 382 g/mol. The van der Waals surface area contributed by atoms with Crippen LogP contribution < -0.4 is 14.7 Å². The van der Waals surface area contributed by atoms with E-state index in [1.807, 2.05) is 17.5 Å². The lowest BCUT2D eigenvalue weighted by Crippen LogP contribution is -2.99. The van der Waals surface area contributed by atoms with Gasteiger partial charge in [0, 0.05) is 29.2 Å². The Morgan fingerprint density at radius 3 is 2.79 bits per heavy atom. The molecule has 1 aromatic heterocycles. The van der Waals surface area contributed by atoms with Crippen LogP contribution in [0, 0.1) is 5.21 Å². The van der Waals surface area contributed by atoms with E-state index in [1.54, 1.807) is 6.08 Å². The molecule has 0 saturated heterocycles. The monoisotopic (exact) mass is 395 g/mol. The van der Waals surface area contributed by atoms with E-state index in [-0.39, 0.29) is 28.5 Å². The fraction of sp³-hybridized carbons (Fsp3) is 0. The standard InChI is InChI=1S/C20H13NO6S/c22-19-16-7-6-14(10-17(16)27-18(19)11-15-5-2-8-28-15)26-20(23)12-3-1-4-13(9-12)21(24)25/h1-11,21,24H. The summed E-state index contributed by atoms with van der Waals surface area (Å²) >= 11 is 1.48. The van der Waals surface area contributed by atoms with Gasteiger partial charge in [-0.2, -0.15) is 5.23 Å². The van der Waals surface area contributed by atoms with Crippen LogP contribution >= 0.6 is 11.3 Å². The minimum Gasteiger partial charge on any atom is -0.595 e. The highest BCUT2D eigenvalue weighted by Crippen LogP contribution is 2.35. The van der Waals surface area contributed by atoms with Crippen molar-refractivity contribution in [3.8, 4) is 11.5 Å². The van der Waals surface area contributed by atoms with Crippen molar-refractivity contribution >= 4 is 34.9 Å². The largest absolute Gasteiger partial charge is 0.595 e. The van der Waals surface area contributed by atoms with Crippen LogP contribution in [0.15, 0.2) is 65.7 Å². The van der Waals surface area contributed by atoms with E-state index in [0.717, 1.165) is 4.88 Å². The maximum atomic E-state index is 12.4. The fourth-order valence-corrected chi connectivity index (χ4v) is 3.32. The maximum absolute atomic E-state index is 12.4. The van der Waals surface area contributed by atoms with Gasteiger partial charge in [0.25, 0.3) is 0 Å². The quantitative estimate of drug-likeness (QED) is 0.305. The molecule has 140 valence electrons. The number of rotatable bonds is 4. The van der Waals surface area contributed by atoms with Crippen molar-refractivity contribution < 1.29 is 29.5 Å². The van der Waals surface area contributed by atoms with E-state index >= 15 is 0 Å². The number of ether oxygens (including phenoxy) is 2. The Morgan fingerprint density at radius 1 is 1.18 bits per heavy atom. The lowest BCUT2D eigenvalue weighted by Gasteiger charge is -2.12. The molecular formula is C20H13NO6S. The Labute approximate surface area is 163 Å². The molecule has 0 amide bonds. The number of quaternary nitrogens is 1. The molecule has 1 unspecified atom stereocenters. The molecule has 0 radical (unpaired) electrons. The number of benzene rings is 2. The van der Waals surface area contributed by atoms with E-state index in [1.165, 1.54) is 53.8 Å². The number of hydrogen-bond donors (Lipinski definition) is 2. The average Bonchev–Trinajstić information content (AvgIpc) is 3.30. The smallest absolute Gasteiger partial charge is 0.343 e. The summed E-state index contributed by atoms with van der Waals surface area (Å²) in [6.45, 7) is 0. The van der Waals surface area contributed by atoms with Crippen LogP contribution in [0.25, 0.3) is 6.08 Å². The van der Waals surface area contributed by atoms with Gasteiger partial charge in [0.15, 0.2) is 11.4 Å². The van der Waals surface area contributed by atoms with Crippen LogP contribution in [-0.4, -0.2) is 17.0 Å². The second-order valence-electron chi connectivity index (χ2n) is 5.89. The summed E-state index contributed by atoms with van der Waals surface area (Å²) in [6.07, 6.45) is 1.66. The van der Waals surface area contributed by atoms with Gasteiger partial charge in [-0.3, -0.25) is 4.79 Å². The third kappa shape index (κ3) is 3.57. The summed E-state index contributed by atoms with van der Waals surface area (Å²) in [5.74, 6) is -0.251. The third-order valence-corrected chi connectivity index (χ3v) is 4.83. The fourth-order valence-electron chi connectivity index (χ4n) is 2.68. The topological polar surface area (TPSA) is 100 Å². The van der Waals surface area contributed by atoms with Crippen LogP contribution in [0.1, 0.15) is 25.6 Å². The Kier molecular flexibility index (Phi) is 4.76. The van der Waals surface area contributed by atoms with Gasteiger partial charge in [0.05, 0.1) is 11.1 Å². The zero-order chi connectivity index (χ0) is 19.7. The number of hydrogen-bond acceptors (Lipinski definition) is 7. The molecule has 4 rings (SSSR count). The lowest BCUT2D eigenvalue weighted by molar-refractivity contribution is -0.991. The zero-order valence-electron chi connectivity index (χ0n) is 14.2. The van der Waals surface area contributed by atoms with Crippen molar-refractivity contribution in [2.75, 3.05) is 0 Å². The normalized spacial score (nSPS) is 15.2. The van der Waals surface area contributed by atoms with E-state index in [2.05, 4.69) is 0 Å². The number of thiophene rings is 1. The van der Waals surface area contributed by atoms with Crippen molar-refractivity contribution in [3.63, 3.8) is 0 Å². The molecule has 8 heteroatoms. The molecule has 0 spiro atoms. The van der Waals surface area contributed by atoms with E-state index in [9.17, 15) is 14.8 Å². The molecule has 2 aromatic carbocycles. The molecule has 0 aliphatic carbocycles. The van der Waals surface area contributed by atoms with Gasteiger partial charge in [-0.1, -0.05) is 12.1 Å². The first kappa shape index (κ1) is 18.1. The van der Waals surface area contributed by atoms with Crippen molar-refractivity contribution in [2.24, 2.45) is 0 Å². The highest BCUT2D eigenvalue weighted by atomic mass is 32.1. The molecule has 0 fully saturated rings. The highest BCUT2D eigenvalue weighted by Gasteiger charge is 2.28. The maximum Gasteiger partial charge on any atom is 0.343 e. The minimum atomic E-state index is -1.14. The molecule has 3 aromatic rings. The lowest BCUT2D eigenvalue weighted by atomic mass is 10.1. The van der Waals surface area contributed by atoms with Gasteiger partial charge in [-0.15, -0.1) is 11.3 Å². The van der Waals surface area contributed by atoms with Crippen molar-refractivity contribution in [3.05, 3.63) is 86.9 Å². The summed E-state index contributed by atoms with van der Waals surface area (Å²) in [6, 6.07) is 13.8. The minimum absolute atomic E-state index is 0.0133. The summed E-state index contributed by atoms with van der Waals surface area (Å²) in [5, 5.41) is 20.8. The van der Waals surface area contributed by atoms with Crippen LogP contribution in [0.3, 0.4) is 0 Å². The number of carbonyl (C=O) groups excluding carboxylic acids is 2. The predicted octanol–water partition coefficient (Wildman–Crippen LogP) is 2.99. The zero-order valence-corrected chi connectivity index (χ0v) is 15.1. The summed E-state index contributed by atoms with van der Waals surface area (Å²) in [4.78, 5) is 25.6. The van der Waals surface area contributed by atoms with Crippen LogP contribution in [-0.2, 0) is 0 Å². The number of Topliss-reactive ketones (excluding diaryl/α,β-unsaturated/α-hetero) is 1. The van der Waals surface area contributed by atoms with Crippen molar-refractivity contribution in [1.29, 1.82) is 0 Å². The molecule has 28 heavy (non-hydrogen) atoms. The Hall–Kier alpha value is -3.30. The molecule has 2 heterocycles. The van der Waals surface area contributed by atoms with E-state index in [0.29, 0.717) is 11.3 Å².